The van der Waals surface area contributed by atoms with Gasteiger partial charge in [-0.2, -0.15) is 0 Å². The molecule has 5 heteroatoms. The van der Waals surface area contributed by atoms with Gasteiger partial charge in [-0.05, 0) is 48.1 Å². The number of rotatable bonds is 4. The molecule has 2 aliphatic rings. The van der Waals surface area contributed by atoms with Crippen molar-refractivity contribution >= 4 is 6.03 Å². The van der Waals surface area contributed by atoms with Gasteiger partial charge in [-0.1, -0.05) is 30.3 Å². The third kappa shape index (κ3) is 3.55. The van der Waals surface area contributed by atoms with E-state index in [-0.39, 0.29) is 12.8 Å². The van der Waals surface area contributed by atoms with E-state index in [1.807, 2.05) is 18.2 Å². The molecule has 0 saturated heterocycles. The number of hydrogen-bond donors (Lipinski definition) is 2. The Morgan fingerprint density at radius 2 is 1.96 bits per heavy atom. The lowest BCUT2D eigenvalue weighted by molar-refractivity contribution is 0.174. The predicted molar refractivity (Wildman–Crippen MR) is 94.9 cm³/mol. The maximum absolute atomic E-state index is 12.1. The quantitative estimate of drug-likeness (QED) is 0.899. The second-order valence-electron chi connectivity index (χ2n) is 6.54. The van der Waals surface area contributed by atoms with Crippen molar-refractivity contribution in [2.75, 3.05) is 13.3 Å². The van der Waals surface area contributed by atoms with Crippen LogP contribution in [0.5, 0.6) is 11.5 Å². The van der Waals surface area contributed by atoms with Gasteiger partial charge in [0.05, 0.1) is 0 Å². The van der Waals surface area contributed by atoms with Crippen LogP contribution in [0.25, 0.3) is 0 Å². The molecular formula is C20H22N2O3. The van der Waals surface area contributed by atoms with Crippen molar-refractivity contribution in [3.8, 4) is 11.5 Å². The van der Waals surface area contributed by atoms with Crippen LogP contribution >= 0.6 is 0 Å². The third-order valence-corrected chi connectivity index (χ3v) is 4.89. The average molecular weight is 338 g/mol. The van der Waals surface area contributed by atoms with Gasteiger partial charge in [0.2, 0.25) is 6.79 Å². The van der Waals surface area contributed by atoms with Crippen LogP contribution in [0.3, 0.4) is 0 Å². The van der Waals surface area contributed by atoms with Crippen molar-refractivity contribution in [2.24, 2.45) is 0 Å². The normalized spacial score (nSPS) is 17.7. The zero-order chi connectivity index (χ0) is 17.1. The number of benzene rings is 2. The number of carbonyl (C=O) groups excluding carboxylic acids is 1. The molecule has 1 aliphatic heterocycles. The molecule has 25 heavy (non-hydrogen) atoms. The smallest absolute Gasteiger partial charge is 0.315 e. The van der Waals surface area contributed by atoms with Crippen molar-refractivity contribution < 1.29 is 14.3 Å². The van der Waals surface area contributed by atoms with Gasteiger partial charge in [0.25, 0.3) is 0 Å². The second kappa shape index (κ2) is 7.05. The van der Waals surface area contributed by atoms with Gasteiger partial charge < -0.3 is 20.1 Å². The average Bonchev–Trinajstić information content (AvgIpc) is 3.12. The molecule has 1 atom stereocenters. The number of carbonyl (C=O) groups is 1. The maximum Gasteiger partial charge on any atom is 0.315 e. The number of nitrogens with one attached hydrogen (secondary N) is 2. The van der Waals surface area contributed by atoms with Crippen molar-refractivity contribution in [2.45, 2.75) is 31.7 Å². The number of hydrogen-bond acceptors (Lipinski definition) is 3. The van der Waals surface area contributed by atoms with Gasteiger partial charge >= 0.3 is 6.03 Å². The monoisotopic (exact) mass is 338 g/mol. The van der Waals surface area contributed by atoms with Crippen LogP contribution in [0, 0.1) is 0 Å². The fourth-order valence-electron chi connectivity index (χ4n) is 3.58. The van der Waals surface area contributed by atoms with Crippen LogP contribution in [-0.4, -0.2) is 19.4 Å². The molecular weight excluding hydrogens is 316 g/mol. The van der Waals surface area contributed by atoms with E-state index in [4.69, 9.17) is 9.47 Å². The summed E-state index contributed by atoms with van der Waals surface area (Å²) in [5.41, 5.74) is 3.79. The largest absolute Gasteiger partial charge is 0.454 e. The van der Waals surface area contributed by atoms with Crippen LogP contribution in [0.1, 0.15) is 35.4 Å². The Balaban J connectivity index is 1.29. The summed E-state index contributed by atoms with van der Waals surface area (Å²) in [6.07, 6.45) is 3.45. The molecule has 0 aromatic heterocycles. The van der Waals surface area contributed by atoms with Crippen molar-refractivity contribution in [1.82, 2.24) is 10.6 Å². The minimum Gasteiger partial charge on any atom is -0.454 e. The highest BCUT2D eigenvalue weighted by Crippen LogP contribution is 2.32. The van der Waals surface area contributed by atoms with Gasteiger partial charge in [0, 0.05) is 19.0 Å². The first-order chi connectivity index (χ1) is 12.3. The van der Waals surface area contributed by atoms with E-state index >= 15 is 0 Å². The van der Waals surface area contributed by atoms with E-state index in [9.17, 15) is 4.79 Å². The van der Waals surface area contributed by atoms with E-state index in [1.54, 1.807) is 0 Å². The minimum absolute atomic E-state index is 0.138. The Hall–Kier alpha value is -2.69. The summed E-state index contributed by atoms with van der Waals surface area (Å²) in [6.45, 7) is 1.39. The number of urea groups is 1. The standard InChI is InChI=1S/C20H22N2O3/c23-20(21-11-14-8-9-18-19(10-14)25-13-24-18)22-12-16-6-3-5-15-4-1-2-7-17(15)16/h1-2,4,7-10,16H,3,5-6,11-13H2,(H2,21,22,23). The molecule has 1 aliphatic carbocycles. The van der Waals surface area contributed by atoms with Crippen molar-refractivity contribution in [3.05, 3.63) is 59.2 Å². The Labute approximate surface area is 147 Å². The molecule has 4 rings (SSSR count). The minimum atomic E-state index is -0.138. The van der Waals surface area contributed by atoms with E-state index in [1.165, 1.54) is 17.5 Å². The molecule has 5 nitrogen and oxygen atoms in total. The fourth-order valence-corrected chi connectivity index (χ4v) is 3.58. The molecule has 2 aromatic carbocycles. The lowest BCUT2D eigenvalue weighted by Crippen LogP contribution is -2.38. The molecule has 2 amide bonds. The lowest BCUT2D eigenvalue weighted by atomic mass is 9.83. The van der Waals surface area contributed by atoms with Gasteiger partial charge in [-0.15, -0.1) is 0 Å². The Morgan fingerprint density at radius 1 is 1.08 bits per heavy atom. The SMILES string of the molecule is O=C(NCc1ccc2c(c1)OCO2)NCC1CCCc2ccccc21. The van der Waals surface area contributed by atoms with Crippen LogP contribution in [-0.2, 0) is 13.0 Å². The van der Waals surface area contributed by atoms with Crippen LogP contribution in [0.2, 0.25) is 0 Å². The van der Waals surface area contributed by atoms with Crippen LogP contribution < -0.4 is 20.1 Å². The number of amides is 2. The van der Waals surface area contributed by atoms with Crippen LogP contribution in [0.4, 0.5) is 4.79 Å². The highest BCUT2D eigenvalue weighted by Gasteiger charge is 2.20. The fraction of sp³-hybridized carbons (Fsp3) is 0.350. The number of ether oxygens (including phenoxy) is 2. The molecule has 2 aromatic rings. The first-order valence-electron chi connectivity index (χ1n) is 8.77. The third-order valence-electron chi connectivity index (χ3n) is 4.89. The van der Waals surface area contributed by atoms with Gasteiger partial charge in [-0.3, -0.25) is 0 Å². The van der Waals surface area contributed by atoms with Crippen molar-refractivity contribution in [3.63, 3.8) is 0 Å². The molecule has 0 bridgehead atoms. The molecule has 1 heterocycles. The van der Waals surface area contributed by atoms with E-state index in [0.29, 0.717) is 19.0 Å². The predicted octanol–water partition coefficient (Wildman–Crippen LogP) is 3.33. The summed E-state index contributed by atoms with van der Waals surface area (Å²) < 4.78 is 10.6. The van der Waals surface area contributed by atoms with Crippen molar-refractivity contribution in [1.29, 1.82) is 0 Å². The van der Waals surface area contributed by atoms with E-state index in [0.717, 1.165) is 29.9 Å². The maximum atomic E-state index is 12.1. The number of aryl methyl sites for hydroxylation is 1. The molecule has 130 valence electrons. The summed E-state index contributed by atoms with van der Waals surface area (Å²) in [5, 5.41) is 5.92. The first-order valence-corrected chi connectivity index (χ1v) is 8.77. The molecule has 0 radical (unpaired) electrons. The molecule has 0 spiro atoms. The summed E-state index contributed by atoms with van der Waals surface area (Å²) >= 11 is 0. The summed E-state index contributed by atoms with van der Waals surface area (Å²) in [4.78, 5) is 12.1. The number of fused-ring (bicyclic) bond motifs is 2. The second-order valence-corrected chi connectivity index (χ2v) is 6.54. The summed E-state index contributed by atoms with van der Waals surface area (Å²) in [6, 6.07) is 14.1. The Bertz CT molecular complexity index is 775. The van der Waals surface area contributed by atoms with E-state index in [2.05, 4.69) is 34.9 Å². The van der Waals surface area contributed by atoms with Gasteiger partial charge in [-0.25, -0.2) is 4.79 Å². The molecule has 0 saturated carbocycles. The zero-order valence-electron chi connectivity index (χ0n) is 14.1. The van der Waals surface area contributed by atoms with Gasteiger partial charge in [0.15, 0.2) is 11.5 Å². The highest BCUT2D eigenvalue weighted by atomic mass is 16.7. The Morgan fingerprint density at radius 3 is 2.92 bits per heavy atom. The highest BCUT2D eigenvalue weighted by molar-refractivity contribution is 5.74. The summed E-state index contributed by atoms with van der Waals surface area (Å²) in [7, 11) is 0. The van der Waals surface area contributed by atoms with Gasteiger partial charge in [0.1, 0.15) is 0 Å². The van der Waals surface area contributed by atoms with Crippen LogP contribution in [0.15, 0.2) is 42.5 Å². The summed E-state index contributed by atoms with van der Waals surface area (Å²) in [5.74, 6) is 1.89. The zero-order valence-corrected chi connectivity index (χ0v) is 14.1. The first kappa shape index (κ1) is 15.8. The topological polar surface area (TPSA) is 59.6 Å². The Kier molecular flexibility index (Phi) is 4.46. The molecule has 0 fully saturated rings. The molecule has 1 unspecified atom stereocenters. The lowest BCUT2D eigenvalue weighted by Gasteiger charge is -2.25. The molecule has 2 N–H and O–H groups in total. The van der Waals surface area contributed by atoms with E-state index < -0.39 is 0 Å².